The van der Waals surface area contributed by atoms with Crippen molar-refractivity contribution in [3.63, 3.8) is 0 Å². The maximum atomic E-state index is 12.4. The number of benzene rings is 1. The first-order valence-corrected chi connectivity index (χ1v) is 10.7. The Morgan fingerprint density at radius 3 is 2.65 bits per heavy atom. The highest BCUT2D eigenvalue weighted by Crippen LogP contribution is 2.54. The Bertz CT molecular complexity index is 869. The predicted octanol–water partition coefficient (Wildman–Crippen LogP) is 1.97. The van der Waals surface area contributed by atoms with E-state index in [1.807, 2.05) is 20.2 Å². The third-order valence-corrected chi connectivity index (χ3v) is 6.61. The smallest absolute Gasteiger partial charge is 0.312 e. The van der Waals surface area contributed by atoms with Crippen LogP contribution in [0.25, 0.3) is 0 Å². The molecule has 2 unspecified atom stereocenters. The van der Waals surface area contributed by atoms with Gasteiger partial charge in [-0.25, -0.2) is 0 Å². The van der Waals surface area contributed by atoms with Gasteiger partial charge in [0.2, 0.25) is 5.78 Å². The molecular weight excluding hydrogens is 398 g/mol. The molecule has 0 bridgehead atoms. The van der Waals surface area contributed by atoms with E-state index in [2.05, 4.69) is 16.1 Å². The molecule has 0 aromatic heterocycles. The first-order chi connectivity index (χ1) is 14.7. The number of amides is 1. The van der Waals surface area contributed by atoms with Crippen LogP contribution in [0, 0.1) is 5.92 Å². The van der Waals surface area contributed by atoms with Crippen LogP contribution in [0.3, 0.4) is 0 Å². The first-order valence-electron chi connectivity index (χ1n) is 10.7. The number of methoxy groups -OCH3 is 2. The number of nitrogens with zero attached hydrogens (tertiary/aromatic N) is 3. The van der Waals surface area contributed by atoms with Gasteiger partial charge in [-0.05, 0) is 63.9 Å². The lowest BCUT2D eigenvalue weighted by molar-refractivity contribution is -0.152. The Labute approximate surface area is 183 Å². The maximum absolute atomic E-state index is 12.4. The van der Waals surface area contributed by atoms with E-state index in [1.54, 1.807) is 20.4 Å². The second-order valence-corrected chi connectivity index (χ2v) is 8.70. The zero-order valence-electron chi connectivity index (χ0n) is 19.1. The van der Waals surface area contributed by atoms with Crippen LogP contribution in [0.4, 0.5) is 0 Å². The lowest BCUT2D eigenvalue weighted by Crippen LogP contribution is -2.50. The van der Waals surface area contributed by atoms with E-state index in [0.29, 0.717) is 17.9 Å². The summed E-state index contributed by atoms with van der Waals surface area (Å²) >= 11 is 0. The van der Waals surface area contributed by atoms with Gasteiger partial charge in [-0.2, -0.15) is 10.1 Å². The lowest BCUT2D eigenvalue weighted by Gasteiger charge is -2.49. The molecule has 1 aromatic rings. The number of ketones is 1. The molecule has 8 heteroatoms. The number of Topliss-reactive ketones (excluding diaryl/α,β-unsaturated/α-hetero) is 1. The van der Waals surface area contributed by atoms with Crippen LogP contribution < -0.4 is 9.47 Å². The fourth-order valence-corrected chi connectivity index (χ4v) is 5.10. The van der Waals surface area contributed by atoms with Crippen LogP contribution in [0.5, 0.6) is 11.5 Å². The molecular formula is C23H33N3O5. The molecule has 3 atom stereocenters. The van der Waals surface area contributed by atoms with Crippen molar-refractivity contribution in [2.45, 2.75) is 50.7 Å². The van der Waals surface area contributed by atoms with Crippen molar-refractivity contribution in [1.29, 1.82) is 0 Å². The normalized spacial score (nSPS) is 25.3. The number of carbonyl (C=O) groups excluding carboxylic acids is 2. The number of ether oxygens (including phenoxy) is 2. The van der Waals surface area contributed by atoms with Crippen molar-refractivity contribution >= 4 is 17.9 Å². The van der Waals surface area contributed by atoms with Crippen LogP contribution >= 0.6 is 0 Å². The van der Waals surface area contributed by atoms with Gasteiger partial charge in [0.15, 0.2) is 17.7 Å². The summed E-state index contributed by atoms with van der Waals surface area (Å²) in [6.07, 6.45) is 3.93. The molecule has 170 valence electrons. The molecule has 0 saturated carbocycles. The third-order valence-electron chi connectivity index (χ3n) is 6.61. The standard InChI is InChI=1S/C23H33N3O5/c1-15(27)22(29)26-19(28)14-23(11-13-25(2)3)17(10-12-24-26)8-6-16-7-9-18(30-4)21(31-5)20(16)23/h7,9,12,17,19,28H,6,8,10-11,13-14H2,1-5H3/t17?,19?,23-/m1/s1. The number of fused-ring (bicyclic) bond motifs is 3. The van der Waals surface area contributed by atoms with Crippen molar-refractivity contribution in [3.8, 4) is 11.5 Å². The van der Waals surface area contributed by atoms with Gasteiger partial charge in [0, 0.05) is 30.5 Å². The van der Waals surface area contributed by atoms with Crippen LogP contribution in [0.2, 0.25) is 0 Å². The predicted molar refractivity (Wildman–Crippen MR) is 117 cm³/mol. The summed E-state index contributed by atoms with van der Waals surface area (Å²) in [5, 5.41) is 16.2. The molecule has 1 amide bonds. The van der Waals surface area contributed by atoms with Gasteiger partial charge in [-0.3, -0.25) is 9.59 Å². The molecule has 1 aliphatic carbocycles. The van der Waals surface area contributed by atoms with Gasteiger partial charge in [0.05, 0.1) is 14.2 Å². The molecule has 31 heavy (non-hydrogen) atoms. The third kappa shape index (κ3) is 4.32. The number of aryl methyl sites for hydroxylation is 1. The van der Waals surface area contributed by atoms with E-state index in [4.69, 9.17) is 9.47 Å². The van der Waals surface area contributed by atoms with Gasteiger partial charge in [0.1, 0.15) is 0 Å². The number of carbonyl (C=O) groups is 2. The summed E-state index contributed by atoms with van der Waals surface area (Å²) in [6.45, 7) is 1.98. The van der Waals surface area contributed by atoms with E-state index < -0.39 is 23.3 Å². The zero-order chi connectivity index (χ0) is 22.8. The minimum Gasteiger partial charge on any atom is -0.493 e. The van der Waals surface area contributed by atoms with E-state index >= 15 is 0 Å². The summed E-state index contributed by atoms with van der Waals surface area (Å²) in [7, 11) is 7.28. The van der Waals surface area contributed by atoms with E-state index in [-0.39, 0.29) is 12.3 Å². The molecule has 1 heterocycles. The lowest BCUT2D eigenvalue weighted by atomic mass is 9.58. The second kappa shape index (κ2) is 9.36. The fourth-order valence-electron chi connectivity index (χ4n) is 5.10. The van der Waals surface area contributed by atoms with Crippen LogP contribution in [-0.2, 0) is 21.4 Å². The van der Waals surface area contributed by atoms with Crippen molar-refractivity contribution in [2.24, 2.45) is 11.0 Å². The molecule has 0 spiro atoms. The number of aliphatic hydroxyl groups excluding tert-OH is 1. The highest BCUT2D eigenvalue weighted by atomic mass is 16.5. The van der Waals surface area contributed by atoms with Gasteiger partial charge < -0.3 is 19.5 Å². The van der Waals surface area contributed by atoms with Gasteiger partial charge in [-0.15, -0.1) is 0 Å². The molecule has 8 nitrogen and oxygen atoms in total. The Hall–Kier alpha value is -2.45. The Morgan fingerprint density at radius 2 is 2.03 bits per heavy atom. The summed E-state index contributed by atoms with van der Waals surface area (Å²) in [5.74, 6) is 0.0668. The summed E-state index contributed by atoms with van der Waals surface area (Å²) < 4.78 is 11.4. The quantitative estimate of drug-likeness (QED) is 0.693. The van der Waals surface area contributed by atoms with E-state index in [0.717, 1.165) is 36.4 Å². The second-order valence-electron chi connectivity index (χ2n) is 8.70. The van der Waals surface area contributed by atoms with Crippen molar-refractivity contribution in [1.82, 2.24) is 9.91 Å². The Balaban J connectivity index is 2.19. The number of hydrogen-bond donors (Lipinski definition) is 1. The van der Waals surface area contributed by atoms with Gasteiger partial charge in [0.25, 0.3) is 0 Å². The van der Waals surface area contributed by atoms with Crippen LogP contribution in [-0.4, -0.2) is 74.0 Å². The van der Waals surface area contributed by atoms with E-state index in [9.17, 15) is 14.7 Å². The van der Waals surface area contributed by atoms with Crippen LogP contribution in [0.1, 0.15) is 43.7 Å². The van der Waals surface area contributed by atoms with Gasteiger partial charge in [-0.1, -0.05) is 6.07 Å². The number of aliphatic hydroxyl groups is 1. The molecule has 0 radical (unpaired) electrons. The minimum absolute atomic E-state index is 0.203. The topological polar surface area (TPSA) is 91.7 Å². The van der Waals surface area contributed by atoms with Crippen molar-refractivity contribution < 1.29 is 24.2 Å². The highest BCUT2D eigenvalue weighted by molar-refractivity contribution is 6.35. The minimum atomic E-state index is -1.22. The first kappa shape index (κ1) is 23.2. The molecule has 0 saturated heterocycles. The molecule has 1 aliphatic heterocycles. The SMILES string of the molecule is COc1ccc2c(c1OC)[C@]1(CCN(C)C)CC(O)N(C(=O)C(C)=O)N=CCC1CC2. The zero-order valence-corrected chi connectivity index (χ0v) is 19.1. The highest BCUT2D eigenvalue weighted by Gasteiger charge is 2.49. The number of hydrogen-bond acceptors (Lipinski definition) is 7. The average Bonchev–Trinajstić information content (AvgIpc) is 2.73. The summed E-state index contributed by atoms with van der Waals surface area (Å²) in [4.78, 5) is 26.3. The number of hydrazone groups is 1. The fraction of sp³-hybridized carbons (Fsp3) is 0.609. The van der Waals surface area contributed by atoms with Crippen LogP contribution in [0.15, 0.2) is 17.2 Å². The summed E-state index contributed by atoms with van der Waals surface area (Å²) in [6, 6.07) is 3.99. The molecule has 1 aromatic carbocycles. The molecule has 2 aliphatic rings. The maximum Gasteiger partial charge on any atom is 0.312 e. The monoisotopic (exact) mass is 431 g/mol. The van der Waals surface area contributed by atoms with Crippen molar-refractivity contribution in [3.05, 3.63) is 23.3 Å². The van der Waals surface area contributed by atoms with Gasteiger partial charge >= 0.3 is 5.91 Å². The largest absolute Gasteiger partial charge is 0.493 e. The summed E-state index contributed by atoms with van der Waals surface area (Å²) in [5.41, 5.74) is 1.73. The van der Waals surface area contributed by atoms with Crippen molar-refractivity contribution in [2.75, 3.05) is 34.9 Å². The Morgan fingerprint density at radius 1 is 1.29 bits per heavy atom. The number of rotatable bonds is 6. The molecule has 0 fully saturated rings. The average molecular weight is 432 g/mol. The Kier molecular flexibility index (Phi) is 7.01. The van der Waals surface area contributed by atoms with E-state index in [1.165, 1.54) is 12.5 Å². The molecule has 3 rings (SSSR count). The molecule has 1 N–H and O–H groups in total.